The number of hydrogen-bond acceptors (Lipinski definition) is 5. The Hall–Kier alpha value is -2.89. The number of rotatable bonds is 3. The normalized spacial score (nSPS) is 12.5. The van der Waals surface area contributed by atoms with Crippen LogP contribution in [0.25, 0.3) is 32.6 Å². The van der Waals surface area contributed by atoms with E-state index in [1.807, 2.05) is 30.3 Å². The predicted octanol–water partition coefficient (Wildman–Crippen LogP) is 6.14. The van der Waals surface area contributed by atoms with E-state index in [2.05, 4.69) is 18.2 Å². The number of ether oxygens (including phenoxy) is 1. The molecule has 4 aromatic rings. The SMILES string of the molecule is CCOC(=O)c1sc2nc3c(c(-c4ccc(Cl)cc4)c2c1N)CCc1ccccc1-3. The minimum atomic E-state index is -0.404. The van der Waals surface area contributed by atoms with Crippen LogP contribution in [0.1, 0.15) is 27.7 Å². The van der Waals surface area contributed by atoms with Crippen molar-refractivity contribution in [2.24, 2.45) is 0 Å². The quantitative estimate of drug-likeness (QED) is 0.393. The van der Waals surface area contributed by atoms with Gasteiger partial charge in [0.05, 0.1) is 18.0 Å². The van der Waals surface area contributed by atoms with E-state index >= 15 is 0 Å². The lowest BCUT2D eigenvalue weighted by Crippen LogP contribution is -2.08. The van der Waals surface area contributed by atoms with Crippen LogP contribution in [0.15, 0.2) is 48.5 Å². The fraction of sp³-hybridized carbons (Fsp3) is 0.167. The van der Waals surface area contributed by atoms with E-state index in [1.54, 1.807) is 6.92 Å². The first-order valence-corrected chi connectivity index (χ1v) is 11.0. The van der Waals surface area contributed by atoms with Gasteiger partial charge in [-0.25, -0.2) is 9.78 Å². The Labute approximate surface area is 183 Å². The summed E-state index contributed by atoms with van der Waals surface area (Å²) in [5.41, 5.74) is 13.5. The van der Waals surface area contributed by atoms with Crippen LogP contribution in [0.2, 0.25) is 5.02 Å². The van der Waals surface area contributed by atoms with Crippen LogP contribution in [-0.2, 0) is 17.6 Å². The molecule has 0 spiro atoms. The highest BCUT2D eigenvalue weighted by atomic mass is 35.5. The fourth-order valence-electron chi connectivity index (χ4n) is 4.17. The number of carbonyl (C=O) groups is 1. The Balaban J connectivity index is 1.87. The molecule has 1 aliphatic carbocycles. The molecule has 0 saturated heterocycles. The van der Waals surface area contributed by atoms with Crippen molar-refractivity contribution in [3.05, 3.63) is 69.6 Å². The lowest BCUT2D eigenvalue weighted by atomic mass is 9.84. The highest BCUT2D eigenvalue weighted by molar-refractivity contribution is 7.21. The number of nitrogens with two attached hydrogens (primary N) is 1. The third-order valence-corrected chi connectivity index (χ3v) is 6.82. The summed E-state index contributed by atoms with van der Waals surface area (Å²) < 4.78 is 5.23. The minimum absolute atomic E-state index is 0.299. The van der Waals surface area contributed by atoms with Gasteiger partial charge in [0.1, 0.15) is 9.71 Å². The number of benzene rings is 2. The number of aromatic nitrogens is 1. The van der Waals surface area contributed by atoms with Crippen molar-refractivity contribution >= 4 is 44.8 Å². The molecule has 0 saturated carbocycles. The monoisotopic (exact) mass is 434 g/mol. The van der Waals surface area contributed by atoms with E-state index in [-0.39, 0.29) is 0 Å². The summed E-state index contributed by atoms with van der Waals surface area (Å²) in [7, 11) is 0. The van der Waals surface area contributed by atoms with Gasteiger partial charge in [-0.15, -0.1) is 11.3 Å². The first-order chi connectivity index (χ1) is 14.6. The first kappa shape index (κ1) is 19.1. The van der Waals surface area contributed by atoms with Crippen molar-refractivity contribution in [1.82, 2.24) is 4.98 Å². The molecule has 4 nitrogen and oxygen atoms in total. The summed E-state index contributed by atoms with van der Waals surface area (Å²) in [6, 6.07) is 16.1. The first-order valence-electron chi connectivity index (χ1n) is 9.84. The maximum Gasteiger partial charge on any atom is 0.350 e. The number of esters is 1. The van der Waals surface area contributed by atoms with E-state index in [1.165, 1.54) is 16.9 Å². The molecular weight excluding hydrogens is 416 g/mol. The van der Waals surface area contributed by atoms with Crippen molar-refractivity contribution < 1.29 is 9.53 Å². The van der Waals surface area contributed by atoms with Crippen LogP contribution < -0.4 is 5.73 Å². The van der Waals surface area contributed by atoms with Gasteiger partial charge in [-0.1, -0.05) is 48.0 Å². The molecule has 2 aromatic heterocycles. The fourth-order valence-corrected chi connectivity index (χ4v) is 5.29. The Morgan fingerprint density at radius 3 is 2.70 bits per heavy atom. The standard InChI is InChI=1S/C24H19ClN2O2S/c1-2-29-24(28)22-20(26)19-18(14-7-10-15(25)11-8-14)17-12-9-13-5-3-4-6-16(13)21(17)27-23(19)30-22/h3-8,10-11H,2,9,12,26H2,1H3. The number of nitrogen functional groups attached to an aromatic ring is 1. The zero-order chi connectivity index (χ0) is 20.8. The zero-order valence-electron chi connectivity index (χ0n) is 16.4. The van der Waals surface area contributed by atoms with Gasteiger partial charge in [-0.2, -0.15) is 0 Å². The largest absolute Gasteiger partial charge is 0.462 e. The topological polar surface area (TPSA) is 65.2 Å². The molecular formula is C24H19ClN2O2S. The van der Waals surface area contributed by atoms with Crippen LogP contribution in [0.4, 0.5) is 5.69 Å². The molecule has 0 unspecified atom stereocenters. The Kier molecular flexibility index (Phi) is 4.72. The van der Waals surface area contributed by atoms with Crippen LogP contribution >= 0.6 is 22.9 Å². The number of halogens is 1. The highest BCUT2D eigenvalue weighted by Gasteiger charge is 2.28. The lowest BCUT2D eigenvalue weighted by molar-refractivity contribution is 0.0533. The summed E-state index contributed by atoms with van der Waals surface area (Å²) in [4.78, 5) is 18.7. The molecule has 150 valence electrons. The van der Waals surface area contributed by atoms with Gasteiger partial charge in [-0.05, 0) is 54.2 Å². The number of fused-ring (bicyclic) bond motifs is 4. The molecule has 0 aliphatic heterocycles. The summed E-state index contributed by atoms with van der Waals surface area (Å²) in [5.74, 6) is -0.404. The van der Waals surface area contributed by atoms with Gasteiger partial charge in [0, 0.05) is 16.0 Å². The number of aryl methyl sites for hydroxylation is 1. The molecule has 2 heterocycles. The molecule has 0 amide bonds. The maximum atomic E-state index is 12.5. The van der Waals surface area contributed by atoms with Gasteiger partial charge in [0.2, 0.25) is 0 Å². The third-order valence-electron chi connectivity index (χ3n) is 5.49. The number of hydrogen-bond donors (Lipinski definition) is 1. The van der Waals surface area contributed by atoms with Crippen LogP contribution in [0.3, 0.4) is 0 Å². The third kappa shape index (κ3) is 2.97. The average molecular weight is 435 g/mol. The Bertz CT molecular complexity index is 1300. The van der Waals surface area contributed by atoms with E-state index in [4.69, 9.17) is 27.1 Å². The summed E-state index contributed by atoms with van der Waals surface area (Å²) in [6.45, 7) is 2.09. The van der Waals surface area contributed by atoms with Crippen molar-refractivity contribution in [2.45, 2.75) is 19.8 Å². The van der Waals surface area contributed by atoms with E-state index in [0.29, 0.717) is 22.2 Å². The molecule has 0 bridgehead atoms. The number of anilines is 1. The summed E-state index contributed by atoms with van der Waals surface area (Å²) in [5, 5.41) is 1.50. The van der Waals surface area contributed by atoms with Crippen LogP contribution in [-0.4, -0.2) is 17.6 Å². The van der Waals surface area contributed by atoms with E-state index in [0.717, 1.165) is 51.0 Å². The van der Waals surface area contributed by atoms with Crippen molar-refractivity contribution in [3.63, 3.8) is 0 Å². The number of thiophene rings is 1. The van der Waals surface area contributed by atoms with Crippen molar-refractivity contribution in [1.29, 1.82) is 0 Å². The predicted molar refractivity (Wildman–Crippen MR) is 123 cm³/mol. The van der Waals surface area contributed by atoms with E-state index < -0.39 is 5.97 Å². The molecule has 6 heteroatoms. The summed E-state index contributed by atoms with van der Waals surface area (Å²) in [6.07, 6.45) is 1.79. The summed E-state index contributed by atoms with van der Waals surface area (Å²) >= 11 is 7.44. The molecule has 2 N–H and O–H groups in total. The molecule has 2 aromatic carbocycles. The number of nitrogens with zero attached hydrogens (tertiary/aromatic N) is 1. The average Bonchev–Trinajstić information content (AvgIpc) is 3.09. The maximum absolute atomic E-state index is 12.5. The molecule has 5 rings (SSSR count). The molecule has 0 radical (unpaired) electrons. The smallest absolute Gasteiger partial charge is 0.350 e. The second kappa shape index (κ2) is 7.42. The van der Waals surface area contributed by atoms with Crippen LogP contribution in [0, 0.1) is 0 Å². The Morgan fingerprint density at radius 1 is 1.17 bits per heavy atom. The second-order valence-electron chi connectivity index (χ2n) is 7.22. The van der Waals surface area contributed by atoms with Gasteiger partial charge in [-0.3, -0.25) is 0 Å². The van der Waals surface area contributed by atoms with Gasteiger partial charge in [0.15, 0.2) is 0 Å². The van der Waals surface area contributed by atoms with Crippen molar-refractivity contribution in [3.8, 4) is 22.4 Å². The number of carbonyl (C=O) groups excluding carboxylic acids is 1. The van der Waals surface area contributed by atoms with Crippen LogP contribution in [0.5, 0.6) is 0 Å². The molecule has 0 fully saturated rings. The van der Waals surface area contributed by atoms with Gasteiger partial charge >= 0.3 is 5.97 Å². The Morgan fingerprint density at radius 2 is 1.93 bits per heavy atom. The zero-order valence-corrected chi connectivity index (χ0v) is 17.9. The molecule has 0 atom stereocenters. The second-order valence-corrected chi connectivity index (χ2v) is 8.66. The lowest BCUT2D eigenvalue weighted by Gasteiger charge is -2.22. The van der Waals surface area contributed by atoms with Crippen molar-refractivity contribution in [2.75, 3.05) is 12.3 Å². The highest BCUT2D eigenvalue weighted by Crippen LogP contribution is 2.46. The van der Waals surface area contributed by atoms with Gasteiger partial charge in [0.25, 0.3) is 0 Å². The molecule has 1 aliphatic rings. The number of pyridine rings is 1. The van der Waals surface area contributed by atoms with Gasteiger partial charge < -0.3 is 10.5 Å². The van der Waals surface area contributed by atoms with E-state index in [9.17, 15) is 4.79 Å². The minimum Gasteiger partial charge on any atom is -0.462 e. The molecule has 30 heavy (non-hydrogen) atoms.